The highest BCUT2D eigenvalue weighted by molar-refractivity contribution is 7.72. The van der Waals surface area contributed by atoms with Crippen LogP contribution in [0.3, 0.4) is 0 Å². The van der Waals surface area contributed by atoms with Crippen LogP contribution in [-0.4, -0.2) is 41.6 Å². The molecule has 1 fully saturated rings. The lowest BCUT2D eigenvalue weighted by Crippen LogP contribution is -2.31. The van der Waals surface area contributed by atoms with E-state index in [1.165, 1.54) is 20.5 Å². The molecule has 0 saturated heterocycles. The van der Waals surface area contributed by atoms with Crippen molar-refractivity contribution in [3.63, 3.8) is 0 Å². The molecular formula is C23H25NO7S. The average molecular weight is 460 g/mol. The predicted molar refractivity (Wildman–Crippen MR) is 120 cm³/mol. The summed E-state index contributed by atoms with van der Waals surface area (Å²) in [6.07, 6.45) is 2.01. The second-order valence-corrected chi connectivity index (χ2v) is 8.46. The third-order valence-electron chi connectivity index (χ3n) is 5.51. The lowest BCUT2D eigenvalue weighted by Gasteiger charge is -2.24. The van der Waals surface area contributed by atoms with E-state index in [1.807, 2.05) is 0 Å². The number of hydrogen-bond donors (Lipinski definition) is 2. The fourth-order valence-corrected chi connectivity index (χ4v) is 4.96. The monoisotopic (exact) mass is 459 g/mol. The van der Waals surface area contributed by atoms with Gasteiger partial charge >= 0.3 is 5.97 Å². The van der Waals surface area contributed by atoms with Crippen LogP contribution in [0.5, 0.6) is 5.75 Å². The minimum atomic E-state index is -3.06. The number of amides is 1. The summed E-state index contributed by atoms with van der Waals surface area (Å²) >= 11 is 0. The molecule has 9 heteroatoms. The van der Waals surface area contributed by atoms with E-state index in [0.29, 0.717) is 35.4 Å². The highest BCUT2D eigenvalue weighted by Crippen LogP contribution is 2.58. The van der Waals surface area contributed by atoms with Crippen LogP contribution in [0.25, 0.3) is 5.57 Å². The van der Waals surface area contributed by atoms with Crippen LogP contribution in [0.1, 0.15) is 29.2 Å². The second-order valence-electron chi connectivity index (χ2n) is 7.37. The Balaban J connectivity index is 2.01. The zero-order valence-electron chi connectivity index (χ0n) is 18.0. The van der Waals surface area contributed by atoms with Crippen molar-refractivity contribution in [3.05, 3.63) is 65.9 Å². The van der Waals surface area contributed by atoms with Crippen molar-refractivity contribution >= 4 is 33.8 Å². The first-order valence-electron chi connectivity index (χ1n) is 9.87. The summed E-state index contributed by atoms with van der Waals surface area (Å²) < 4.78 is 39.9. The molecule has 8 nitrogen and oxygen atoms in total. The Kier molecular flexibility index (Phi) is 7.19. The molecule has 0 heterocycles. The van der Waals surface area contributed by atoms with Gasteiger partial charge in [-0.25, -0.2) is 13.2 Å². The van der Waals surface area contributed by atoms with Crippen molar-refractivity contribution in [1.82, 2.24) is 0 Å². The van der Waals surface area contributed by atoms with Gasteiger partial charge < -0.3 is 19.5 Å². The summed E-state index contributed by atoms with van der Waals surface area (Å²) in [6, 6.07) is 13.3. The summed E-state index contributed by atoms with van der Waals surface area (Å²) in [5, 5.41) is 1.69. The van der Waals surface area contributed by atoms with Crippen LogP contribution in [0, 0.1) is 5.41 Å². The SMILES string of the molecule is COC=C(C(=O)OC)c1ccccc1C([SH](=O)=O)C1(C(=O)Nc2ccc(OC)cc2)CC1. The number of nitrogens with one attached hydrogen (secondary N) is 1. The molecule has 1 N–H and O–H groups in total. The third kappa shape index (κ3) is 4.62. The molecule has 1 aliphatic rings. The summed E-state index contributed by atoms with van der Waals surface area (Å²) in [4.78, 5) is 25.6. The van der Waals surface area contributed by atoms with Crippen LogP contribution < -0.4 is 10.1 Å². The van der Waals surface area contributed by atoms with Gasteiger partial charge in [0, 0.05) is 5.69 Å². The number of benzene rings is 2. The normalized spacial score (nSPS) is 15.6. The van der Waals surface area contributed by atoms with E-state index in [9.17, 15) is 18.0 Å². The molecule has 0 radical (unpaired) electrons. The number of carbonyl (C=O) groups excluding carboxylic acids is 2. The Labute approximate surface area is 188 Å². The molecule has 2 aromatic rings. The van der Waals surface area contributed by atoms with Crippen molar-refractivity contribution in [3.8, 4) is 5.75 Å². The largest absolute Gasteiger partial charge is 0.503 e. The lowest BCUT2D eigenvalue weighted by atomic mass is 9.89. The molecule has 0 aliphatic heterocycles. The number of ether oxygens (including phenoxy) is 3. The van der Waals surface area contributed by atoms with Crippen molar-refractivity contribution in [2.45, 2.75) is 18.1 Å². The Morgan fingerprint density at radius 2 is 1.69 bits per heavy atom. The molecule has 1 atom stereocenters. The molecule has 2 aromatic carbocycles. The first-order valence-corrected chi connectivity index (χ1v) is 11.1. The first-order chi connectivity index (χ1) is 15.4. The quantitative estimate of drug-likeness (QED) is 0.257. The van der Waals surface area contributed by atoms with Gasteiger partial charge in [-0.3, -0.25) is 4.79 Å². The van der Waals surface area contributed by atoms with E-state index in [4.69, 9.17) is 14.2 Å². The van der Waals surface area contributed by atoms with E-state index < -0.39 is 33.2 Å². The van der Waals surface area contributed by atoms with Gasteiger partial charge in [0.1, 0.15) is 22.0 Å². The molecule has 1 unspecified atom stereocenters. The van der Waals surface area contributed by atoms with E-state index in [-0.39, 0.29) is 5.57 Å². The van der Waals surface area contributed by atoms with Gasteiger partial charge in [0.05, 0.1) is 38.3 Å². The number of carbonyl (C=O) groups is 2. The van der Waals surface area contributed by atoms with Gasteiger partial charge in [-0.1, -0.05) is 24.3 Å². The number of anilines is 1. The Morgan fingerprint density at radius 3 is 2.22 bits per heavy atom. The van der Waals surface area contributed by atoms with Crippen LogP contribution in [0.2, 0.25) is 0 Å². The second kappa shape index (κ2) is 9.86. The van der Waals surface area contributed by atoms with E-state index in [0.717, 1.165) is 0 Å². The maximum absolute atomic E-state index is 13.2. The maximum atomic E-state index is 13.2. The molecule has 0 spiro atoms. The molecule has 1 saturated carbocycles. The Hall–Kier alpha value is -3.33. The standard InChI is InChI=1S/C23H25NO7S/c1-29-14-19(21(25)31-3)17-6-4-5-7-18(17)20(32(27)28)23(12-13-23)22(26)24-15-8-10-16(30-2)11-9-15/h4-11,14,20,32H,12-13H2,1-3H3,(H,24,26). The van der Waals surface area contributed by atoms with Crippen molar-refractivity contribution in [2.75, 3.05) is 26.6 Å². The number of thiol groups is 1. The first kappa shape index (κ1) is 23.3. The lowest BCUT2D eigenvalue weighted by molar-refractivity contribution is -0.133. The fourth-order valence-electron chi connectivity index (χ4n) is 3.73. The number of rotatable bonds is 9. The van der Waals surface area contributed by atoms with Crippen molar-refractivity contribution < 1.29 is 32.2 Å². The van der Waals surface area contributed by atoms with E-state index >= 15 is 0 Å². The molecule has 1 amide bonds. The highest BCUT2D eigenvalue weighted by atomic mass is 32.2. The van der Waals surface area contributed by atoms with E-state index in [1.54, 1.807) is 55.6 Å². The van der Waals surface area contributed by atoms with E-state index in [2.05, 4.69) is 5.32 Å². The van der Waals surface area contributed by atoms with Gasteiger partial charge in [-0.2, -0.15) is 0 Å². The zero-order chi connectivity index (χ0) is 23.3. The molecular weight excluding hydrogens is 434 g/mol. The predicted octanol–water partition coefficient (Wildman–Crippen LogP) is 2.93. The summed E-state index contributed by atoms with van der Waals surface area (Å²) in [7, 11) is 1.09. The third-order valence-corrected chi connectivity index (χ3v) is 6.70. The summed E-state index contributed by atoms with van der Waals surface area (Å²) in [5.41, 5.74) is 0.150. The average Bonchev–Trinajstić information content (AvgIpc) is 3.59. The van der Waals surface area contributed by atoms with Gasteiger partial charge in [0.2, 0.25) is 5.91 Å². The van der Waals surface area contributed by atoms with Crippen molar-refractivity contribution in [1.29, 1.82) is 0 Å². The van der Waals surface area contributed by atoms with Crippen molar-refractivity contribution in [2.24, 2.45) is 5.41 Å². The number of hydrogen-bond acceptors (Lipinski definition) is 7. The summed E-state index contributed by atoms with van der Waals surface area (Å²) in [5.74, 6) is -0.428. The van der Waals surface area contributed by atoms with Crippen LogP contribution in [0.15, 0.2) is 54.8 Å². The molecule has 0 bridgehead atoms. The topological polar surface area (TPSA) is 108 Å². The molecule has 32 heavy (non-hydrogen) atoms. The van der Waals surface area contributed by atoms with Gasteiger partial charge in [-0.05, 0) is 48.2 Å². The molecule has 3 rings (SSSR count). The number of esters is 1. The van der Waals surface area contributed by atoms with Crippen LogP contribution in [-0.2, 0) is 29.8 Å². The number of methoxy groups -OCH3 is 3. The van der Waals surface area contributed by atoms with Gasteiger partial charge in [0.25, 0.3) is 0 Å². The molecule has 170 valence electrons. The minimum Gasteiger partial charge on any atom is -0.503 e. The zero-order valence-corrected chi connectivity index (χ0v) is 18.9. The maximum Gasteiger partial charge on any atom is 0.341 e. The van der Waals surface area contributed by atoms with Gasteiger partial charge in [0.15, 0.2) is 0 Å². The van der Waals surface area contributed by atoms with Crippen LogP contribution in [0.4, 0.5) is 5.69 Å². The minimum absolute atomic E-state index is 0.0683. The fraction of sp³-hybridized carbons (Fsp3) is 0.304. The smallest absolute Gasteiger partial charge is 0.341 e. The molecule has 1 aliphatic carbocycles. The highest BCUT2D eigenvalue weighted by Gasteiger charge is 2.58. The summed E-state index contributed by atoms with van der Waals surface area (Å²) in [6.45, 7) is 0. The van der Waals surface area contributed by atoms with Gasteiger partial charge in [-0.15, -0.1) is 0 Å². The molecule has 0 aromatic heterocycles. The van der Waals surface area contributed by atoms with Crippen LogP contribution >= 0.6 is 0 Å². The Bertz CT molecular complexity index is 1090. The Morgan fingerprint density at radius 1 is 1.03 bits per heavy atom.